The van der Waals surface area contributed by atoms with Gasteiger partial charge in [-0.2, -0.15) is 5.26 Å². The fourth-order valence-electron chi connectivity index (χ4n) is 4.29. The molecule has 136 valence electrons. The monoisotopic (exact) mass is 353 g/mol. The second kappa shape index (κ2) is 7.61. The standard InChI is InChI=1S/C20H23N3O3/c1-12(18-9-13-2-3-15(18)8-13)22-11-16(10-21)19(24)23-17-6-4-14(5-7-17)20(25)26/h4-7,11-13,15,18,22H,2-3,8-9H2,1H3,(H,23,24)(H,25,26)/b16-11-. The topological polar surface area (TPSA) is 102 Å². The maximum Gasteiger partial charge on any atom is 0.335 e. The molecule has 2 bridgehead atoms. The molecule has 0 saturated heterocycles. The molecule has 0 aromatic heterocycles. The second-order valence-electron chi connectivity index (χ2n) is 7.30. The molecule has 1 aromatic carbocycles. The third kappa shape index (κ3) is 3.88. The van der Waals surface area contributed by atoms with Gasteiger partial charge in [-0.3, -0.25) is 4.79 Å². The zero-order valence-corrected chi connectivity index (χ0v) is 14.7. The number of hydrogen-bond donors (Lipinski definition) is 3. The summed E-state index contributed by atoms with van der Waals surface area (Å²) < 4.78 is 0. The third-order valence-electron chi connectivity index (χ3n) is 5.68. The Labute approximate surface area is 152 Å². The zero-order valence-electron chi connectivity index (χ0n) is 14.7. The van der Waals surface area contributed by atoms with Crippen LogP contribution in [0.25, 0.3) is 0 Å². The van der Waals surface area contributed by atoms with Crippen LogP contribution < -0.4 is 10.6 Å². The lowest BCUT2D eigenvalue weighted by molar-refractivity contribution is -0.112. The van der Waals surface area contributed by atoms with Crippen molar-refractivity contribution < 1.29 is 14.7 Å². The molecule has 2 aliphatic rings. The average molecular weight is 353 g/mol. The number of hydrogen-bond acceptors (Lipinski definition) is 4. The van der Waals surface area contributed by atoms with Crippen LogP contribution in [0.4, 0.5) is 5.69 Å². The number of benzene rings is 1. The Bertz CT molecular complexity index is 764. The van der Waals surface area contributed by atoms with Gasteiger partial charge in [0.25, 0.3) is 5.91 Å². The van der Waals surface area contributed by atoms with Gasteiger partial charge in [0.05, 0.1) is 5.56 Å². The average Bonchev–Trinajstić information content (AvgIpc) is 3.26. The molecule has 4 unspecified atom stereocenters. The number of fused-ring (bicyclic) bond motifs is 2. The normalized spacial score (nSPS) is 25.4. The van der Waals surface area contributed by atoms with Crippen LogP contribution in [0, 0.1) is 29.1 Å². The van der Waals surface area contributed by atoms with Crippen LogP contribution in [0.5, 0.6) is 0 Å². The van der Waals surface area contributed by atoms with Crippen LogP contribution >= 0.6 is 0 Å². The van der Waals surface area contributed by atoms with Crippen molar-refractivity contribution in [2.24, 2.45) is 17.8 Å². The minimum Gasteiger partial charge on any atom is -0.478 e. The summed E-state index contributed by atoms with van der Waals surface area (Å²) in [4.78, 5) is 23.1. The summed E-state index contributed by atoms with van der Waals surface area (Å²) in [5, 5.41) is 24.0. The number of carbonyl (C=O) groups excluding carboxylic acids is 1. The number of amides is 1. The third-order valence-corrected chi connectivity index (χ3v) is 5.68. The minimum absolute atomic E-state index is 0.00215. The van der Waals surface area contributed by atoms with Crippen LogP contribution in [0.1, 0.15) is 43.0 Å². The summed E-state index contributed by atoms with van der Waals surface area (Å²) in [6.45, 7) is 2.11. The highest BCUT2D eigenvalue weighted by atomic mass is 16.4. The Balaban J connectivity index is 1.58. The molecule has 0 heterocycles. The van der Waals surface area contributed by atoms with Crippen molar-refractivity contribution in [3.05, 3.63) is 41.6 Å². The van der Waals surface area contributed by atoms with E-state index < -0.39 is 11.9 Å². The predicted molar refractivity (Wildman–Crippen MR) is 97.3 cm³/mol. The van der Waals surface area contributed by atoms with E-state index in [1.54, 1.807) is 0 Å². The van der Waals surface area contributed by atoms with Crippen molar-refractivity contribution in [3.8, 4) is 6.07 Å². The highest BCUT2D eigenvalue weighted by Crippen LogP contribution is 2.49. The molecular weight excluding hydrogens is 330 g/mol. The SMILES string of the molecule is CC(N/C=C(/C#N)C(=O)Nc1ccc(C(=O)O)cc1)C1CC2CCC1C2. The summed E-state index contributed by atoms with van der Waals surface area (Å²) in [6.07, 6.45) is 6.69. The van der Waals surface area contributed by atoms with Crippen LogP contribution in [-0.4, -0.2) is 23.0 Å². The Kier molecular flexibility index (Phi) is 5.27. The number of nitrogens with zero attached hydrogens (tertiary/aromatic N) is 1. The molecule has 1 amide bonds. The first-order valence-electron chi connectivity index (χ1n) is 8.99. The van der Waals surface area contributed by atoms with E-state index in [4.69, 9.17) is 5.11 Å². The summed E-state index contributed by atoms with van der Waals surface area (Å²) in [5.41, 5.74) is 0.588. The number of carboxylic acid groups (broad SMARTS) is 1. The Morgan fingerprint density at radius 1 is 1.27 bits per heavy atom. The van der Waals surface area contributed by atoms with Gasteiger partial charge in [0.15, 0.2) is 0 Å². The molecule has 0 radical (unpaired) electrons. The number of nitrogens with one attached hydrogen (secondary N) is 2. The Hall–Kier alpha value is -2.81. The zero-order chi connectivity index (χ0) is 18.7. The molecule has 3 rings (SSSR count). The molecule has 3 N–H and O–H groups in total. The molecular formula is C20H23N3O3. The summed E-state index contributed by atoms with van der Waals surface area (Å²) in [5.74, 6) is 0.688. The fraction of sp³-hybridized carbons (Fsp3) is 0.450. The van der Waals surface area contributed by atoms with E-state index in [-0.39, 0.29) is 17.2 Å². The number of rotatable bonds is 6. The number of nitriles is 1. The molecule has 2 aliphatic carbocycles. The lowest BCUT2D eigenvalue weighted by Crippen LogP contribution is -2.33. The Morgan fingerprint density at radius 2 is 2.00 bits per heavy atom. The van der Waals surface area contributed by atoms with Gasteiger partial charge in [0.2, 0.25) is 0 Å². The number of carboxylic acids is 1. The van der Waals surface area contributed by atoms with Crippen molar-refractivity contribution in [2.75, 3.05) is 5.32 Å². The van der Waals surface area contributed by atoms with Gasteiger partial charge >= 0.3 is 5.97 Å². The molecule has 1 aromatic rings. The van der Waals surface area contributed by atoms with E-state index in [1.807, 2.05) is 6.07 Å². The van der Waals surface area contributed by atoms with E-state index in [0.29, 0.717) is 11.6 Å². The lowest BCUT2D eigenvalue weighted by Gasteiger charge is -2.28. The van der Waals surface area contributed by atoms with Crippen LogP contribution in [0.3, 0.4) is 0 Å². The van der Waals surface area contributed by atoms with Gasteiger partial charge < -0.3 is 15.7 Å². The van der Waals surface area contributed by atoms with E-state index >= 15 is 0 Å². The maximum absolute atomic E-state index is 12.3. The van der Waals surface area contributed by atoms with Crippen molar-refractivity contribution >= 4 is 17.6 Å². The number of aromatic carboxylic acids is 1. The molecule has 6 heteroatoms. The van der Waals surface area contributed by atoms with Gasteiger partial charge in [-0.15, -0.1) is 0 Å². The maximum atomic E-state index is 12.3. The molecule has 2 saturated carbocycles. The number of carbonyl (C=O) groups is 2. The first kappa shape index (κ1) is 18.0. The first-order chi connectivity index (χ1) is 12.5. The Morgan fingerprint density at radius 3 is 2.54 bits per heavy atom. The summed E-state index contributed by atoms with van der Waals surface area (Å²) >= 11 is 0. The van der Waals surface area contributed by atoms with Gasteiger partial charge in [0.1, 0.15) is 11.6 Å². The smallest absolute Gasteiger partial charge is 0.335 e. The van der Waals surface area contributed by atoms with Crippen LogP contribution in [0.2, 0.25) is 0 Å². The summed E-state index contributed by atoms with van der Waals surface area (Å²) in [6, 6.07) is 7.97. The van der Waals surface area contributed by atoms with Gasteiger partial charge in [-0.1, -0.05) is 6.42 Å². The van der Waals surface area contributed by atoms with E-state index in [1.165, 1.54) is 56.1 Å². The lowest BCUT2D eigenvalue weighted by atomic mass is 9.84. The van der Waals surface area contributed by atoms with Crippen molar-refractivity contribution in [3.63, 3.8) is 0 Å². The number of anilines is 1. The quantitative estimate of drug-likeness (QED) is 0.538. The first-order valence-corrected chi connectivity index (χ1v) is 8.99. The highest BCUT2D eigenvalue weighted by Gasteiger charge is 2.41. The molecule has 6 nitrogen and oxygen atoms in total. The van der Waals surface area contributed by atoms with Gasteiger partial charge in [-0.05, 0) is 68.2 Å². The highest BCUT2D eigenvalue weighted by molar-refractivity contribution is 6.06. The fourth-order valence-corrected chi connectivity index (χ4v) is 4.29. The molecule has 0 aliphatic heterocycles. The largest absolute Gasteiger partial charge is 0.478 e. The van der Waals surface area contributed by atoms with E-state index in [9.17, 15) is 14.9 Å². The van der Waals surface area contributed by atoms with Crippen LogP contribution in [-0.2, 0) is 4.79 Å². The van der Waals surface area contributed by atoms with Gasteiger partial charge in [0, 0.05) is 17.9 Å². The second-order valence-corrected chi connectivity index (χ2v) is 7.30. The van der Waals surface area contributed by atoms with Crippen LogP contribution in [0.15, 0.2) is 36.0 Å². The van der Waals surface area contributed by atoms with E-state index in [2.05, 4.69) is 17.6 Å². The molecule has 4 atom stereocenters. The van der Waals surface area contributed by atoms with Crippen molar-refractivity contribution in [1.29, 1.82) is 5.26 Å². The van der Waals surface area contributed by atoms with Gasteiger partial charge in [-0.25, -0.2) is 4.79 Å². The van der Waals surface area contributed by atoms with E-state index in [0.717, 1.165) is 11.8 Å². The molecule has 0 spiro atoms. The predicted octanol–water partition coefficient (Wildman–Crippen LogP) is 3.15. The minimum atomic E-state index is -1.03. The molecule has 2 fully saturated rings. The van der Waals surface area contributed by atoms with Crippen molar-refractivity contribution in [2.45, 2.75) is 38.6 Å². The van der Waals surface area contributed by atoms with Crippen molar-refractivity contribution in [1.82, 2.24) is 5.32 Å². The molecule has 26 heavy (non-hydrogen) atoms. The summed E-state index contributed by atoms with van der Waals surface area (Å²) in [7, 11) is 0.